The summed E-state index contributed by atoms with van der Waals surface area (Å²) in [6.45, 7) is 0. The van der Waals surface area contributed by atoms with Crippen molar-refractivity contribution in [1.82, 2.24) is 5.32 Å². The Morgan fingerprint density at radius 3 is 2.09 bits per heavy atom. The molecule has 0 radical (unpaired) electrons. The topological polar surface area (TPSA) is 75.3 Å². The molecule has 0 bridgehead atoms. The number of benzene rings is 3. The molecule has 0 aliphatic rings. The van der Waals surface area contributed by atoms with Crippen LogP contribution < -0.4 is 10.0 Å². The lowest BCUT2D eigenvalue weighted by Crippen LogP contribution is -2.31. The van der Waals surface area contributed by atoms with Crippen LogP contribution in [0, 0.1) is 0 Å². The summed E-state index contributed by atoms with van der Waals surface area (Å²) in [6.07, 6.45) is 0.899. The maximum absolute atomic E-state index is 12.8. The molecule has 0 saturated heterocycles. The van der Waals surface area contributed by atoms with Gasteiger partial charge in [-0.25, -0.2) is 8.42 Å². The molecular formula is C26H24N2O3S2. The van der Waals surface area contributed by atoms with Crippen LogP contribution in [0.5, 0.6) is 0 Å². The molecular weight excluding hydrogens is 452 g/mol. The molecule has 33 heavy (non-hydrogen) atoms. The van der Waals surface area contributed by atoms with Gasteiger partial charge in [0.1, 0.15) is 4.21 Å². The number of nitrogens with one attached hydrogen (secondary N) is 2. The summed E-state index contributed by atoms with van der Waals surface area (Å²) in [5.41, 5.74) is 3.46. The first-order valence-corrected chi connectivity index (χ1v) is 12.9. The third-order valence-corrected chi connectivity index (χ3v) is 7.93. The lowest BCUT2D eigenvalue weighted by Gasteiger charge is -2.20. The van der Waals surface area contributed by atoms with E-state index < -0.39 is 10.0 Å². The summed E-state index contributed by atoms with van der Waals surface area (Å²) in [5.74, 6) is -0.0910. The highest BCUT2D eigenvalue weighted by atomic mass is 32.2. The SMILES string of the molecule is O=C(Cc1ccc(NS(=O)(=O)c2cccs2)cc1)NC(Cc1ccccc1)c1ccccc1. The Labute approximate surface area is 198 Å². The minimum atomic E-state index is -3.59. The van der Waals surface area contributed by atoms with E-state index in [0.29, 0.717) is 12.1 Å². The largest absolute Gasteiger partial charge is 0.349 e. The van der Waals surface area contributed by atoms with E-state index >= 15 is 0 Å². The third kappa shape index (κ3) is 6.31. The Kier molecular flexibility index (Phi) is 7.22. The second-order valence-corrected chi connectivity index (χ2v) is 10.5. The molecule has 4 aromatic rings. The Morgan fingerprint density at radius 2 is 1.45 bits per heavy atom. The van der Waals surface area contributed by atoms with Gasteiger partial charge in [0.25, 0.3) is 10.0 Å². The number of thiophene rings is 1. The van der Waals surface area contributed by atoms with Crippen LogP contribution in [-0.4, -0.2) is 14.3 Å². The fourth-order valence-corrected chi connectivity index (χ4v) is 5.58. The second kappa shape index (κ2) is 10.5. The van der Waals surface area contributed by atoms with Crippen LogP contribution in [0.25, 0.3) is 0 Å². The normalized spacial score (nSPS) is 12.1. The van der Waals surface area contributed by atoms with E-state index in [1.807, 2.05) is 48.5 Å². The van der Waals surface area contributed by atoms with Gasteiger partial charge in [0.2, 0.25) is 5.91 Å². The van der Waals surface area contributed by atoms with Crippen molar-refractivity contribution in [2.45, 2.75) is 23.1 Å². The summed E-state index contributed by atoms with van der Waals surface area (Å²) < 4.78 is 27.6. The van der Waals surface area contributed by atoms with Crippen molar-refractivity contribution in [1.29, 1.82) is 0 Å². The molecule has 4 rings (SSSR count). The van der Waals surface area contributed by atoms with Crippen molar-refractivity contribution in [2.24, 2.45) is 0 Å². The molecule has 0 fully saturated rings. The van der Waals surface area contributed by atoms with E-state index in [-0.39, 0.29) is 22.6 Å². The minimum Gasteiger partial charge on any atom is -0.349 e. The Balaban J connectivity index is 1.41. The number of sulfonamides is 1. The van der Waals surface area contributed by atoms with E-state index in [1.165, 1.54) is 0 Å². The van der Waals surface area contributed by atoms with Crippen molar-refractivity contribution in [3.8, 4) is 0 Å². The molecule has 2 N–H and O–H groups in total. The molecule has 1 unspecified atom stereocenters. The number of hydrogen-bond acceptors (Lipinski definition) is 4. The lowest BCUT2D eigenvalue weighted by atomic mass is 9.98. The minimum absolute atomic E-state index is 0.0910. The van der Waals surface area contributed by atoms with Crippen molar-refractivity contribution in [3.05, 3.63) is 119 Å². The molecule has 168 valence electrons. The summed E-state index contributed by atoms with van der Waals surface area (Å²) in [6, 6.07) is 30.0. The van der Waals surface area contributed by atoms with E-state index in [9.17, 15) is 13.2 Å². The Hall–Kier alpha value is -3.42. The van der Waals surface area contributed by atoms with Crippen LogP contribution in [0.4, 0.5) is 5.69 Å². The molecule has 1 heterocycles. The quantitative estimate of drug-likeness (QED) is 0.349. The van der Waals surface area contributed by atoms with Gasteiger partial charge in [0.05, 0.1) is 12.5 Å². The van der Waals surface area contributed by atoms with Gasteiger partial charge in [-0.05, 0) is 46.7 Å². The van der Waals surface area contributed by atoms with Gasteiger partial charge in [-0.15, -0.1) is 11.3 Å². The molecule has 5 nitrogen and oxygen atoms in total. The smallest absolute Gasteiger partial charge is 0.271 e. The number of anilines is 1. The maximum Gasteiger partial charge on any atom is 0.271 e. The molecule has 3 aromatic carbocycles. The zero-order valence-electron chi connectivity index (χ0n) is 17.8. The van der Waals surface area contributed by atoms with Crippen LogP contribution in [0.15, 0.2) is 107 Å². The molecule has 7 heteroatoms. The van der Waals surface area contributed by atoms with Crippen LogP contribution in [0.1, 0.15) is 22.7 Å². The van der Waals surface area contributed by atoms with Crippen LogP contribution in [-0.2, 0) is 27.7 Å². The van der Waals surface area contributed by atoms with Crippen molar-refractivity contribution in [2.75, 3.05) is 4.72 Å². The first-order chi connectivity index (χ1) is 16.0. The monoisotopic (exact) mass is 476 g/mol. The van der Waals surface area contributed by atoms with E-state index in [2.05, 4.69) is 22.2 Å². The van der Waals surface area contributed by atoms with Crippen LogP contribution in [0.2, 0.25) is 0 Å². The Bertz CT molecular complexity index is 1270. The average Bonchev–Trinajstić information content (AvgIpc) is 3.37. The molecule has 1 aromatic heterocycles. The summed E-state index contributed by atoms with van der Waals surface area (Å²) in [4.78, 5) is 12.8. The van der Waals surface area contributed by atoms with Crippen molar-refractivity contribution in [3.63, 3.8) is 0 Å². The van der Waals surface area contributed by atoms with E-state index in [4.69, 9.17) is 0 Å². The molecule has 0 spiro atoms. The highest BCUT2D eigenvalue weighted by Crippen LogP contribution is 2.21. The number of hydrogen-bond donors (Lipinski definition) is 2. The predicted molar refractivity (Wildman–Crippen MR) is 133 cm³/mol. The van der Waals surface area contributed by atoms with Crippen molar-refractivity contribution >= 4 is 33.0 Å². The molecule has 1 amide bonds. The second-order valence-electron chi connectivity index (χ2n) is 7.63. The summed E-state index contributed by atoms with van der Waals surface area (Å²) >= 11 is 1.16. The maximum atomic E-state index is 12.8. The fourth-order valence-electron chi connectivity index (χ4n) is 3.53. The van der Waals surface area contributed by atoms with Gasteiger partial charge in [0, 0.05) is 5.69 Å². The molecule has 0 saturated carbocycles. The fraction of sp³-hybridized carbons (Fsp3) is 0.115. The average molecular weight is 477 g/mol. The van der Waals surface area contributed by atoms with Crippen molar-refractivity contribution < 1.29 is 13.2 Å². The van der Waals surface area contributed by atoms with Gasteiger partial charge in [0.15, 0.2) is 0 Å². The molecule has 0 aliphatic carbocycles. The highest BCUT2D eigenvalue weighted by Gasteiger charge is 2.17. The molecule has 0 aliphatic heterocycles. The van der Waals surface area contributed by atoms with Crippen LogP contribution in [0.3, 0.4) is 0 Å². The lowest BCUT2D eigenvalue weighted by molar-refractivity contribution is -0.121. The number of rotatable bonds is 9. The molecule has 1 atom stereocenters. The number of carbonyl (C=O) groups is 1. The van der Waals surface area contributed by atoms with Gasteiger partial charge in [-0.3, -0.25) is 9.52 Å². The summed E-state index contributed by atoms with van der Waals surface area (Å²) in [7, 11) is -3.59. The van der Waals surface area contributed by atoms with Gasteiger partial charge in [-0.1, -0.05) is 78.9 Å². The van der Waals surface area contributed by atoms with Gasteiger partial charge < -0.3 is 5.32 Å². The first-order valence-electron chi connectivity index (χ1n) is 10.5. The zero-order valence-corrected chi connectivity index (χ0v) is 19.5. The number of carbonyl (C=O) groups excluding carboxylic acids is 1. The van der Waals surface area contributed by atoms with E-state index in [1.54, 1.807) is 41.8 Å². The number of amides is 1. The highest BCUT2D eigenvalue weighted by molar-refractivity contribution is 7.94. The zero-order chi connectivity index (χ0) is 23.1. The standard InChI is InChI=1S/C26H24N2O3S2/c29-25(27-24(22-10-5-2-6-11-22)18-20-8-3-1-4-9-20)19-21-13-15-23(16-14-21)28-33(30,31)26-12-7-17-32-26/h1-17,24,28H,18-19H2,(H,27,29). The predicted octanol–water partition coefficient (Wildman–Crippen LogP) is 5.19. The van der Waals surface area contributed by atoms with Crippen LogP contribution >= 0.6 is 11.3 Å². The Morgan fingerprint density at radius 1 is 0.788 bits per heavy atom. The third-order valence-electron chi connectivity index (χ3n) is 5.15. The van der Waals surface area contributed by atoms with Gasteiger partial charge in [-0.2, -0.15) is 0 Å². The summed E-state index contributed by atoms with van der Waals surface area (Å²) in [5, 5.41) is 4.87. The van der Waals surface area contributed by atoms with Gasteiger partial charge >= 0.3 is 0 Å². The first kappa shape index (κ1) is 22.8. The van der Waals surface area contributed by atoms with E-state index in [0.717, 1.165) is 28.0 Å².